The fourth-order valence-electron chi connectivity index (χ4n) is 9.14. The topological polar surface area (TPSA) is 117 Å². The number of hydrogen-bond donors (Lipinski definition) is 1. The maximum atomic E-state index is 13.3. The van der Waals surface area contributed by atoms with Gasteiger partial charge in [-0.3, -0.25) is 14.4 Å². The van der Waals surface area contributed by atoms with Crippen molar-refractivity contribution in [3.05, 3.63) is 36.4 Å². The minimum Gasteiger partial charge on any atom is -0.465 e. The van der Waals surface area contributed by atoms with E-state index in [-0.39, 0.29) is 30.0 Å². The maximum Gasteiger partial charge on any atom is 0.411 e. The zero-order chi connectivity index (χ0) is 36.3. The van der Waals surface area contributed by atoms with Crippen LogP contribution in [0.25, 0.3) is 21.9 Å². The maximum absolute atomic E-state index is 13.3. The lowest BCUT2D eigenvalue weighted by atomic mass is 9.95. The van der Waals surface area contributed by atoms with Gasteiger partial charge in [-0.05, 0) is 89.8 Å². The summed E-state index contributed by atoms with van der Waals surface area (Å²) in [4.78, 5) is 34.2. The molecule has 0 saturated carbocycles. The quantitative estimate of drug-likeness (QED) is 0.146. The summed E-state index contributed by atoms with van der Waals surface area (Å²) in [6.45, 7) is 8.20. The number of imidazole rings is 1. The van der Waals surface area contributed by atoms with Gasteiger partial charge in [-0.2, -0.15) is 15.0 Å². The summed E-state index contributed by atoms with van der Waals surface area (Å²) < 4.78 is 33.0. The van der Waals surface area contributed by atoms with Crippen LogP contribution in [0.15, 0.2) is 36.4 Å². The minimum absolute atomic E-state index is 0.0302. The van der Waals surface area contributed by atoms with Crippen molar-refractivity contribution in [1.29, 1.82) is 0 Å². The summed E-state index contributed by atoms with van der Waals surface area (Å²) in [5, 5.41) is 1.93. The largest absolute Gasteiger partial charge is 0.465 e. The second kappa shape index (κ2) is 13.7. The number of ether oxygens (including phenoxy) is 5. The Morgan fingerprint density at radius 2 is 1.77 bits per heavy atom. The molecular weight excluding hydrogens is 695 g/mol. The summed E-state index contributed by atoms with van der Waals surface area (Å²) in [5.41, 5.74) is 1.28. The molecule has 282 valence electrons. The van der Waals surface area contributed by atoms with Crippen LogP contribution in [0.1, 0.15) is 71.6 Å². The first-order valence-corrected chi connectivity index (χ1v) is 19.7. The van der Waals surface area contributed by atoms with Crippen molar-refractivity contribution < 1.29 is 28.5 Å². The predicted molar refractivity (Wildman–Crippen MR) is 203 cm³/mol. The van der Waals surface area contributed by atoms with Crippen LogP contribution < -0.4 is 19.1 Å². The van der Waals surface area contributed by atoms with Gasteiger partial charge in [0, 0.05) is 38.0 Å². The van der Waals surface area contributed by atoms with Crippen LogP contribution in [-0.4, -0.2) is 104 Å². The second-order valence-electron chi connectivity index (χ2n) is 15.8. The van der Waals surface area contributed by atoms with Gasteiger partial charge >= 0.3 is 18.1 Å². The van der Waals surface area contributed by atoms with E-state index in [0.717, 1.165) is 68.8 Å². The van der Waals surface area contributed by atoms with Gasteiger partial charge in [-0.15, -0.1) is 12.6 Å². The predicted octanol–water partition coefficient (Wildman–Crippen LogP) is 6.68. The summed E-state index contributed by atoms with van der Waals surface area (Å²) in [6.07, 6.45) is 8.75. The molecule has 2 bridgehead atoms. The smallest absolute Gasteiger partial charge is 0.411 e. The van der Waals surface area contributed by atoms with Crippen molar-refractivity contribution in [3.8, 4) is 23.5 Å². The number of benzene rings is 2. The lowest BCUT2D eigenvalue weighted by Gasteiger charge is -2.41. The average molecular weight is 744 g/mol. The number of nitrogens with zero attached hydrogens (tertiary/aromatic N) is 7. The molecule has 3 unspecified atom stereocenters. The molecule has 1 amide bonds. The van der Waals surface area contributed by atoms with Crippen LogP contribution in [0.3, 0.4) is 0 Å². The zero-order valence-corrected chi connectivity index (χ0v) is 31.7. The number of fused-ring (bicyclic) bond motifs is 5. The summed E-state index contributed by atoms with van der Waals surface area (Å²) in [6, 6.07) is 12.7. The monoisotopic (exact) mass is 743 g/mol. The highest BCUT2D eigenvalue weighted by Crippen LogP contribution is 2.41. The summed E-state index contributed by atoms with van der Waals surface area (Å²) in [5.74, 6) is 1.98. The van der Waals surface area contributed by atoms with Gasteiger partial charge in [0.25, 0.3) is 0 Å². The van der Waals surface area contributed by atoms with Gasteiger partial charge in [0.1, 0.15) is 18.1 Å². The molecule has 5 aliphatic rings. The highest BCUT2D eigenvalue weighted by atomic mass is 32.1. The van der Waals surface area contributed by atoms with Crippen LogP contribution in [0.5, 0.6) is 23.5 Å². The molecule has 53 heavy (non-hydrogen) atoms. The molecule has 0 N–H and O–H groups in total. The van der Waals surface area contributed by atoms with Crippen LogP contribution in [-0.2, 0) is 16.5 Å². The molecule has 2 aromatic heterocycles. The van der Waals surface area contributed by atoms with E-state index >= 15 is 0 Å². The number of aromatic nitrogens is 4. The summed E-state index contributed by atoms with van der Waals surface area (Å²) >= 11 is 4.45. The lowest BCUT2D eigenvalue weighted by molar-refractivity contribution is -0.105. The van der Waals surface area contributed by atoms with Gasteiger partial charge in [0.15, 0.2) is 28.2 Å². The van der Waals surface area contributed by atoms with Crippen molar-refractivity contribution >= 4 is 46.5 Å². The molecule has 5 saturated heterocycles. The van der Waals surface area contributed by atoms with Crippen molar-refractivity contribution in [2.24, 2.45) is 7.05 Å². The third-order valence-electron chi connectivity index (χ3n) is 11.7. The van der Waals surface area contributed by atoms with Gasteiger partial charge < -0.3 is 28.6 Å². The Morgan fingerprint density at radius 3 is 2.51 bits per heavy atom. The number of carbonyl (C=O) groups excluding carboxylic acids is 1. The molecule has 7 heterocycles. The number of aryl methyl sites for hydroxylation is 1. The third-order valence-corrected chi connectivity index (χ3v) is 11.7. The van der Waals surface area contributed by atoms with Crippen molar-refractivity contribution in [3.63, 3.8) is 0 Å². The SMILES string of the molecule is Cn1c(Oc2cc(OC3CCCCO3)cc3ccccc23)nc2c(N3CC4CCC(C3)N4C(=O)OC(C)(C)S)nc(OCC34CCCN3CCC4)nc21. The average Bonchev–Trinajstić information content (AvgIpc) is 3.87. The molecule has 3 atom stereocenters. The molecule has 9 rings (SSSR count). The Morgan fingerprint density at radius 1 is 1.00 bits per heavy atom. The molecule has 0 radical (unpaired) electrons. The molecule has 0 aliphatic carbocycles. The first-order valence-electron chi connectivity index (χ1n) is 19.2. The van der Waals surface area contributed by atoms with Gasteiger partial charge in [-0.1, -0.05) is 24.3 Å². The highest BCUT2D eigenvalue weighted by molar-refractivity contribution is 7.81. The number of rotatable bonds is 9. The molecule has 14 heteroatoms. The molecule has 5 aliphatic heterocycles. The van der Waals surface area contributed by atoms with Crippen molar-refractivity contribution in [1.82, 2.24) is 29.3 Å². The Bertz CT molecular complexity index is 1990. The Hall–Kier alpha value is -4.01. The second-order valence-corrected chi connectivity index (χ2v) is 16.9. The first kappa shape index (κ1) is 34.7. The first-order chi connectivity index (χ1) is 25.6. The highest BCUT2D eigenvalue weighted by Gasteiger charge is 2.47. The molecule has 2 aromatic carbocycles. The molecule has 13 nitrogen and oxygen atoms in total. The third kappa shape index (κ3) is 6.71. The molecule has 5 fully saturated rings. The Kier molecular flexibility index (Phi) is 8.97. The van der Waals surface area contributed by atoms with Gasteiger partial charge in [-0.25, -0.2) is 4.79 Å². The van der Waals surface area contributed by atoms with E-state index in [9.17, 15) is 4.79 Å². The lowest BCUT2D eigenvalue weighted by Crippen LogP contribution is -2.57. The van der Waals surface area contributed by atoms with E-state index in [0.29, 0.717) is 66.8 Å². The molecule has 0 spiro atoms. The number of hydrogen-bond acceptors (Lipinski definition) is 12. The van der Waals surface area contributed by atoms with E-state index in [2.05, 4.69) is 28.5 Å². The van der Waals surface area contributed by atoms with Crippen LogP contribution >= 0.6 is 12.6 Å². The van der Waals surface area contributed by atoms with Crippen LogP contribution in [0.2, 0.25) is 0 Å². The van der Waals surface area contributed by atoms with Crippen LogP contribution in [0.4, 0.5) is 10.6 Å². The van der Waals surface area contributed by atoms with Crippen LogP contribution in [0, 0.1) is 0 Å². The van der Waals surface area contributed by atoms with Gasteiger partial charge in [0.05, 0.1) is 24.2 Å². The summed E-state index contributed by atoms with van der Waals surface area (Å²) in [7, 11) is 1.91. The van der Waals surface area contributed by atoms with Crippen molar-refractivity contribution in [2.75, 3.05) is 44.3 Å². The van der Waals surface area contributed by atoms with E-state index in [1.807, 2.05) is 46.8 Å². The minimum atomic E-state index is -0.864. The van der Waals surface area contributed by atoms with E-state index < -0.39 is 4.93 Å². The number of anilines is 1. The van der Waals surface area contributed by atoms with E-state index in [1.165, 1.54) is 12.8 Å². The Balaban J connectivity index is 1.06. The normalized spacial score (nSPS) is 24.2. The van der Waals surface area contributed by atoms with E-state index in [1.54, 1.807) is 13.8 Å². The van der Waals surface area contributed by atoms with Gasteiger partial charge in [0.2, 0.25) is 0 Å². The Labute approximate surface area is 315 Å². The number of carbonyl (C=O) groups is 1. The van der Waals surface area contributed by atoms with E-state index in [4.69, 9.17) is 38.6 Å². The number of amides is 1. The number of piperazine rings is 1. The zero-order valence-electron chi connectivity index (χ0n) is 30.8. The molecule has 4 aromatic rings. The number of thiol groups is 1. The fourth-order valence-corrected chi connectivity index (χ4v) is 9.22. The standard InChI is InChI=1S/C39H49N7O6S/c1-38(2,53)52-37(47)46-26-13-14-27(46)23-44(22-26)34-32-33(41-35(42-34)49-24-39-15-8-17-45(39)18-9-16-39)43(3)36(40-32)51-30-21-28(50-31-12-6-7-19-48-31)20-25-10-4-5-11-29(25)30/h4-5,10-11,20-21,26-27,31,53H,6-9,12-19,22-24H2,1-3H3. The molecular formula is C39H49N7O6S. The van der Waals surface area contributed by atoms with Crippen molar-refractivity contribution in [2.45, 2.75) is 100 Å². The fraction of sp³-hybridized carbons (Fsp3) is 0.590.